The van der Waals surface area contributed by atoms with Gasteiger partial charge in [0.1, 0.15) is 0 Å². The largest absolute Gasteiger partial charge is 0.481 e. The summed E-state index contributed by atoms with van der Waals surface area (Å²) in [6.07, 6.45) is 5.01. The Morgan fingerprint density at radius 2 is 1.96 bits per heavy atom. The Kier molecular flexibility index (Phi) is 5.67. The molecule has 5 heteroatoms. The molecule has 0 aliphatic heterocycles. The van der Waals surface area contributed by atoms with Crippen LogP contribution in [0.15, 0.2) is 11.6 Å². The van der Waals surface area contributed by atoms with E-state index in [0.29, 0.717) is 17.9 Å². The Hall–Kier alpha value is -1.36. The summed E-state index contributed by atoms with van der Waals surface area (Å²) in [5.41, 5.74) is -0.175. The molecule has 0 bridgehead atoms. The standard InChI is InChI=1S/C20H32O5/c1-12(9-17(22)23)5-7-19(3)13(2)6-8-20(4)15(18(24)25)10-14(21)11-16(19)20/h10,12-14,16,21H,5-9,11H2,1-4H3,(H,22,23)(H,24,25)/t12-,13+,14-,16-,19+,20+/m1/s1. The number of hydrogen-bond acceptors (Lipinski definition) is 3. The van der Waals surface area contributed by atoms with E-state index in [1.165, 1.54) is 6.08 Å². The van der Waals surface area contributed by atoms with Crippen LogP contribution in [0.3, 0.4) is 0 Å². The second kappa shape index (κ2) is 7.10. The number of hydrogen-bond donors (Lipinski definition) is 3. The number of fused-ring (bicyclic) bond motifs is 1. The molecule has 0 aromatic rings. The number of carbonyl (C=O) groups is 2. The van der Waals surface area contributed by atoms with Crippen LogP contribution in [-0.2, 0) is 9.59 Å². The molecule has 0 amide bonds. The second-order valence-corrected chi connectivity index (χ2v) is 8.85. The van der Waals surface area contributed by atoms with Gasteiger partial charge in [-0.3, -0.25) is 4.79 Å². The normalized spacial score (nSPS) is 39.2. The van der Waals surface area contributed by atoms with Crippen LogP contribution in [-0.4, -0.2) is 33.4 Å². The molecular formula is C20H32O5. The lowest BCUT2D eigenvalue weighted by molar-refractivity contribution is -0.140. The zero-order valence-corrected chi connectivity index (χ0v) is 15.8. The van der Waals surface area contributed by atoms with Crippen molar-refractivity contribution in [1.82, 2.24) is 0 Å². The van der Waals surface area contributed by atoms with Gasteiger partial charge in [0, 0.05) is 17.4 Å². The van der Waals surface area contributed by atoms with Crippen molar-refractivity contribution in [3.8, 4) is 0 Å². The van der Waals surface area contributed by atoms with E-state index in [9.17, 15) is 19.8 Å². The van der Waals surface area contributed by atoms with Gasteiger partial charge in [-0.25, -0.2) is 4.79 Å². The third-order valence-electron chi connectivity index (χ3n) is 7.17. The van der Waals surface area contributed by atoms with Gasteiger partial charge in [0.15, 0.2) is 0 Å². The fourth-order valence-corrected chi connectivity index (χ4v) is 5.33. The monoisotopic (exact) mass is 352 g/mol. The highest BCUT2D eigenvalue weighted by molar-refractivity contribution is 5.88. The maximum atomic E-state index is 11.8. The van der Waals surface area contributed by atoms with Gasteiger partial charge in [0.25, 0.3) is 0 Å². The molecule has 0 aromatic heterocycles. The number of aliphatic hydroxyl groups is 1. The lowest BCUT2D eigenvalue weighted by Gasteiger charge is -2.58. The summed E-state index contributed by atoms with van der Waals surface area (Å²) >= 11 is 0. The lowest BCUT2D eigenvalue weighted by atomic mass is 9.46. The molecule has 1 fully saturated rings. The average molecular weight is 352 g/mol. The van der Waals surface area contributed by atoms with Crippen LogP contribution in [0.1, 0.15) is 66.2 Å². The van der Waals surface area contributed by atoms with E-state index in [1.807, 2.05) is 13.8 Å². The van der Waals surface area contributed by atoms with E-state index in [0.717, 1.165) is 25.7 Å². The molecule has 0 saturated heterocycles. The molecule has 6 atom stereocenters. The third-order valence-corrected chi connectivity index (χ3v) is 7.17. The lowest BCUT2D eigenvalue weighted by Crippen LogP contribution is -2.53. The Morgan fingerprint density at radius 1 is 1.32 bits per heavy atom. The number of carboxylic acid groups (broad SMARTS) is 2. The van der Waals surface area contributed by atoms with Gasteiger partial charge in [0.05, 0.1) is 6.10 Å². The summed E-state index contributed by atoms with van der Waals surface area (Å²) in [4.78, 5) is 22.7. The number of carboxylic acids is 2. The first-order valence-corrected chi connectivity index (χ1v) is 9.36. The fraction of sp³-hybridized carbons (Fsp3) is 0.800. The molecule has 142 valence electrons. The van der Waals surface area contributed by atoms with Crippen molar-refractivity contribution in [1.29, 1.82) is 0 Å². The zero-order chi connectivity index (χ0) is 19.0. The number of aliphatic carboxylic acids is 2. The molecular weight excluding hydrogens is 320 g/mol. The summed E-state index contributed by atoms with van der Waals surface area (Å²) in [5.74, 6) is -1.10. The first-order valence-electron chi connectivity index (χ1n) is 9.36. The van der Waals surface area contributed by atoms with Gasteiger partial charge in [-0.05, 0) is 61.3 Å². The molecule has 2 rings (SSSR count). The quantitative estimate of drug-likeness (QED) is 0.677. The van der Waals surface area contributed by atoms with E-state index < -0.39 is 23.5 Å². The van der Waals surface area contributed by atoms with Gasteiger partial charge < -0.3 is 15.3 Å². The second-order valence-electron chi connectivity index (χ2n) is 8.85. The minimum atomic E-state index is -0.928. The van der Waals surface area contributed by atoms with Gasteiger partial charge in [0.2, 0.25) is 0 Å². The average Bonchev–Trinajstić information content (AvgIpc) is 2.50. The molecule has 0 radical (unpaired) electrons. The van der Waals surface area contributed by atoms with Crippen molar-refractivity contribution in [2.45, 2.75) is 72.3 Å². The van der Waals surface area contributed by atoms with Gasteiger partial charge in [-0.15, -0.1) is 0 Å². The van der Waals surface area contributed by atoms with Gasteiger partial charge in [-0.2, -0.15) is 0 Å². The Balaban J connectivity index is 2.29. The molecule has 0 aromatic carbocycles. The van der Waals surface area contributed by atoms with Crippen LogP contribution < -0.4 is 0 Å². The van der Waals surface area contributed by atoms with Crippen LogP contribution in [0.5, 0.6) is 0 Å². The van der Waals surface area contributed by atoms with Gasteiger partial charge >= 0.3 is 11.9 Å². The molecule has 0 heterocycles. The van der Waals surface area contributed by atoms with Crippen LogP contribution in [0.4, 0.5) is 0 Å². The van der Waals surface area contributed by atoms with Crippen molar-refractivity contribution in [3.05, 3.63) is 11.6 Å². The molecule has 0 unspecified atom stereocenters. The zero-order valence-electron chi connectivity index (χ0n) is 15.8. The smallest absolute Gasteiger partial charge is 0.331 e. The molecule has 3 N–H and O–H groups in total. The van der Waals surface area contributed by atoms with Crippen LogP contribution in [0, 0.1) is 28.6 Å². The first-order chi connectivity index (χ1) is 11.5. The minimum Gasteiger partial charge on any atom is -0.481 e. The van der Waals surface area contributed by atoms with Crippen LogP contribution in [0.25, 0.3) is 0 Å². The van der Waals surface area contributed by atoms with Crippen molar-refractivity contribution >= 4 is 11.9 Å². The number of rotatable bonds is 6. The topological polar surface area (TPSA) is 94.8 Å². The van der Waals surface area contributed by atoms with Crippen molar-refractivity contribution in [2.75, 3.05) is 0 Å². The SMILES string of the molecule is C[C@H](CC[C@]1(C)[C@H]2C[C@H](O)C=C(C(=O)O)[C@]2(C)CC[C@@H]1C)CC(=O)O. The highest BCUT2D eigenvalue weighted by Gasteiger charge is 2.56. The summed E-state index contributed by atoms with van der Waals surface area (Å²) in [5, 5.41) is 28.9. The molecule has 5 nitrogen and oxygen atoms in total. The minimum absolute atomic E-state index is 0.0897. The van der Waals surface area contributed by atoms with E-state index in [2.05, 4.69) is 13.8 Å². The maximum Gasteiger partial charge on any atom is 0.331 e. The Bertz CT molecular complexity index is 568. The van der Waals surface area contributed by atoms with Crippen molar-refractivity contribution in [2.24, 2.45) is 28.6 Å². The predicted octanol–water partition coefficient (Wildman–Crippen LogP) is 3.71. The highest BCUT2D eigenvalue weighted by Crippen LogP contribution is 2.62. The molecule has 2 aliphatic rings. The number of aliphatic hydroxyl groups excluding tert-OH is 1. The van der Waals surface area contributed by atoms with Crippen LogP contribution in [0.2, 0.25) is 0 Å². The molecule has 2 aliphatic carbocycles. The fourth-order valence-electron chi connectivity index (χ4n) is 5.33. The first kappa shape index (κ1) is 20.0. The Labute approximate surface area is 150 Å². The maximum absolute atomic E-state index is 11.8. The Morgan fingerprint density at radius 3 is 2.52 bits per heavy atom. The van der Waals surface area contributed by atoms with E-state index in [1.54, 1.807) is 0 Å². The van der Waals surface area contributed by atoms with Crippen molar-refractivity contribution < 1.29 is 24.9 Å². The van der Waals surface area contributed by atoms with Crippen LogP contribution >= 0.6 is 0 Å². The third kappa shape index (κ3) is 3.76. The molecule has 1 saturated carbocycles. The van der Waals surface area contributed by atoms with Gasteiger partial charge in [-0.1, -0.05) is 27.7 Å². The summed E-state index contributed by atoms with van der Waals surface area (Å²) in [6.45, 7) is 8.42. The highest BCUT2D eigenvalue weighted by atomic mass is 16.4. The summed E-state index contributed by atoms with van der Waals surface area (Å²) in [6, 6.07) is 0. The predicted molar refractivity (Wildman–Crippen MR) is 95.1 cm³/mol. The van der Waals surface area contributed by atoms with Crippen molar-refractivity contribution in [3.63, 3.8) is 0 Å². The van der Waals surface area contributed by atoms with E-state index >= 15 is 0 Å². The van der Waals surface area contributed by atoms with E-state index in [-0.39, 0.29) is 23.7 Å². The molecule has 0 spiro atoms. The molecule has 25 heavy (non-hydrogen) atoms. The van der Waals surface area contributed by atoms with E-state index in [4.69, 9.17) is 5.11 Å². The summed E-state index contributed by atoms with van der Waals surface area (Å²) < 4.78 is 0. The summed E-state index contributed by atoms with van der Waals surface area (Å²) in [7, 11) is 0.